The zero-order valence-electron chi connectivity index (χ0n) is 15.7. The number of rotatable bonds is 3. The molecule has 0 bridgehead atoms. The van der Waals surface area contributed by atoms with Crippen molar-refractivity contribution in [2.45, 2.75) is 19.8 Å². The number of hydrogen-bond acceptors (Lipinski definition) is 3. The first-order valence-corrected chi connectivity index (χ1v) is 9.70. The van der Waals surface area contributed by atoms with Crippen LogP contribution in [-0.2, 0) is 11.2 Å². The van der Waals surface area contributed by atoms with Gasteiger partial charge in [0.15, 0.2) is 0 Å². The number of carbonyl (C=O) groups excluding carboxylic acids is 2. The smallest absolute Gasteiger partial charge is 0.253 e. The second-order valence-electron chi connectivity index (χ2n) is 7.11. The Morgan fingerprint density at radius 1 is 0.926 bits per heavy atom. The van der Waals surface area contributed by atoms with Gasteiger partial charge >= 0.3 is 0 Å². The van der Waals surface area contributed by atoms with Crippen molar-refractivity contribution in [2.24, 2.45) is 0 Å². The summed E-state index contributed by atoms with van der Waals surface area (Å²) in [5.41, 5.74) is 4.01. The first-order valence-electron chi connectivity index (χ1n) is 9.70. The van der Waals surface area contributed by atoms with Gasteiger partial charge in [-0.2, -0.15) is 0 Å². The molecule has 0 unspecified atom stereocenters. The molecule has 4 rings (SSSR count). The lowest BCUT2D eigenvalue weighted by Gasteiger charge is -2.36. The minimum absolute atomic E-state index is 0.0887. The Labute approximate surface area is 160 Å². The van der Waals surface area contributed by atoms with E-state index in [1.54, 1.807) is 0 Å². The largest absolute Gasteiger partial charge is 0.368 e. The molecular weight excluding hydrogens is 338 g/mol. The summed E-state index contributed by atoms with van der Waals surface area (Å²) in [6.07, 6.45) is 1.33. The van der Waals surface area contributed by atoms with E-state index in [4.69, 9.17) is 0 Å². The molecule has 2 aliphatic rings. The molecule has 2 aromatic carbocycles. The van der Waals surface area contributed by atoms with Crippen molar-refractivity contribution in [3.8, 4) is 0 Å². The third-order valence-electron chi connectivity index (χ3n) is 5.51. The van der Waals surface area contributed by atoms with E-state index < -0.39 is 0 Å². The van der Waals surface area contributed by atoms with Crippen LogP contribution in [0.5, 0.6) is 0 Å². The molecule has 5 heteroatoms. The van der Waals surface area contributed by atoms with Gasteiger partial charge in [0.2, 0.25) is 5.91 Å². The number of carbonyl (C=O) groups is 2. The Hall–Kier alpha value is -2.82. The summed E-state index contributed by atoms with van der Waals surface area (Å²) >= 11 is 0. The first-order chi connectivity index (χ1) is 13.2. The molecule has 27 heavy (non-hydrogen) atoms. The van der Waals surface area contributed by atoms with Crippen LogP contribution in [-0.4, -0.2) is 49.4 Å². The predicted octanol–water partition coefficient (Wildman–Crippen LogP) is 2.95. The molecule has 5 nitrogen and oxygen atoms in total. The summed E-state index contributed by atoms with van der Waals surface area (Å²) < 4.78 is 0. The number of benzene rings is 2. The van der Waals surface area contributed by atoms with Gasteiger partial charge in [-0.1, -0.05) is 25.1 Å². The predicted molar refractivity (Wildman–Crippen MR) is 107 cm³/mol. The maximum atomic E-state index is 12.9. The first kappa shape index (κ1) is 17.6. The fourth-order valence-corrected chi connectivity index (χ4v) is 3.97. The highest BCUT2D eigenvalue weighted by molar-refractivity contribution is 5.98. The van der Waals surface area contributed by atoms with Crippen LogP contribution in [0.1, 0.15) is 29.3 Å². The average Bonchev–Trinajstić information content (AvgIpc) is 3.16. The third kappa shape index (κ3) is 3.42. The zero-order chi connectivity index (χ0) is 18.8. The van der Waals surface area contributed by atoms with Gasteiger partial charge in [0.05, 0.1) is 0 Å². The molecule has 2 aliphatic heterocycles. The Morgan fingerprint density at radius 2 is 1.67 bits per heavy atom. The van der Waals surface area contributed by atoms with Crippen molar-refractivity contribution in [1.29, 1.82) is 0 Å². The maximum absolute atomic E-state index is 12.9. The molecule has 0 saturated carbocycles. The Bertz CT molecular complexity index is 842. The molecule has 1 saturated heterocycles. The van der Waals surface area contributed by atoms with Crippen LogP contribution in [0.15, 0.2) is 48.5 Å². The standard InChI is InChI=1S/C22H25N3O2/c1-2-21(26)25-11-10-17-16-18(8-9-20(17)25)22(27)24-14-12-23(13-15-24)19-6-4-3-5-7-19/h3-9,16H,2,10-15H2,1H3. The van der Waals surface area contributed by atoms with Crippen molar-refractivity contribution in [1.82, 2.24) is 4.90 Å². The summed E-state index contributed by atoms with van der Waals surface area (Å²) in [5, 5.41) is 0. The minimum atomic E-state index is 0.0887. The van der Waals surface area contributed by atoms with Crippen LogP contribution in [0.4, 0.5) is 11.4 Å². The topological polar surface area (TPSA) is 43.9 Å². The molecule has 0 atom stereocenters. The quantitative estimate of drug-likeness (QED) is 0.842. The van der Waals surface area contributed by atoms with Crippen molar-refractivity contribution in [3.63, 3.8) is 0 Å². The van der Waals surface area contributed by atoms with E-state index in [-0.39, 0.29) is 11.8 Å². The van der Waals surface area contributed by atoms with E-state index in [0.717, 1.165) is 56.0 Å². The maximum Gasteiger partial charge on any atom is 0.253 e. The fourth-order valence-electron chi connectivity index (χ4n) is 3.97. The molecule has 0 N–H and O–H groups in total. The summed E-state index contributed by atoms with van der Waals surface area (Å²) in [7, 11) is 0. The van der Waals surface area contributed by atoms with E-state index >= 15 is 0 Å². The molecule has 0 radical (unpaired) electrons. The number of amides is 2. The van der Waals surface area contributed by atoms with E-state index in [2.05, 4.69) is 17.0 Å². The molecule has 1 fully saturated rings. The van der Waals surface area contributed by atoms with E-state index in [9.17, 15) is 9.59 Å². The van der Waals surface area contributed by atoms with E-state index in [1.165, 1.54) is 5.69 Å². The summed E-state index contributed by atoms with van der Waals surface area (Å²) in [6.45, 7) is 5.75. The van der Waals surface area contributed by atoms with E-state index in [0.29, 0.717) is 6.42 Å². The second-order valence-corrected chi connectivity index (χ2v) is 7.11. The van der Waals surface area contributed by atoms with Gasteiger partial charge in [0.25, 0.3) is 5.91 Å². The summed E-state index contributed by atoms with van der Waals surface area (Å²) in [5.74, 6) is 0.232. The van der Waals surface area contributed by atoms with Crippen LogP contribution in [0.3, 0.4) is 0 Å². The van der Waals surface area contributed by atoms with E-state index in [1.807, 2.05) is 53.1 Å². The highest BCUT2D eigenvalue weighted by atomic mass is 16.2. The van der Waals surface area contributed by atoms with Gasteiger partial charge in [-0.15, -0.1) is 0 Å². The van der Waals surface area contributed by atoms with Gasteiger partial charge in [-0.3, -0.25) is 9.59 Å². The Kier molecular flexibility index (Phi) is 4.84. The van der Waals surface area contributed by atoms with Gasteiger partial charge in [0, 0.05) is 56.1 Å². The number of piperazine rings is 1. The number of anilines is 2. The van der Waals surface area contributed by atoms with Gasteiger partial charge in [-0.25, -0.2) is 0 Å². The molecular formula is C22H25N3O2. The summed E-state index contributed by atoms with van der Waals surface area (Å²) in [4.78, 5) is 31.1. The Balaban J connectivity index is 1.43. The van der Waals surface area contributed by atoms with Gasteiger partial charge in [0.1, 0.15) is 0 Å². The molecule has 2 amide bonds. The Morgan fingerprint density at radius 3 is 2.37 bits per heavy atom. The van der Waals surface area contributed by atoms with Gasteiger partial charge in [-0.05, 0) is 42.3 Å². The highest BCUT2D eigenvalue weighted by Gasteiger charge is 2.26. The van der Waals surface area contributed by atoms with Crippen LogP contribution in [0.25, 0.3) is 0 Å². The fraction of sp³-hybridized carbons (Fsp3) is 0.364. The molecule has 0 aliphatic carbocycles. The number of hydrogen-bond donors (Lipinski definition) is 0. The van der Waals surface area contributed by atoms with Crippen LogP contribution in [0, 0.1) is 0 Å². The molecule has 140 valence electrons. The lowest BCUT2D eigenvalue weighted by atomic mass is 10.1. The second kappa shape index (κ2) is 7.43. The monoisotopic (exact) mass is 363 g/mol. The van der Waals surface area contributed by atoms with Crippen molar-refractivity contribution in [2.75, 3.05) is 42.5 Å². The van der Waals surface area contributed by atoms with Crippen LogP contribution >= 0.6 is 0 Å². The molecule has 2 heterocycles. The lowest BCUT2D eigenvalue weighted by molar-refractivity contribution is -0.118. The zero-order valence-corrected chi connectivity index (χ0v) is 15.7. The molecule has 0 spiro atoms. The van der Waals surface area contributed by atoms with Crippen LogP contribution in [0.2, 0.25) is 0 Å². The van der Waals surface area contributed by atoms with Crippen molar-refractivity contribution >= 4 is 23.2 Å². The van der Waals surface area contributed by atoms with Crippen molar-refractivity contribution < 1.29 is 9.59 Å². The average molecular weight is 363 g/mol. The highest BCUT2D eigenvalue weighted by Crippen LogP contribution is 2.30. The van der Waals surface area contributed by atoms with Crippen molar-refractivity contribution in [3.05, 3.63) is 59.7 Å². The third-order valence-corrected chi connectivity index (χ3v) is 5.51. The number of para-hydroxylation sites is 1. The number of nitrogens with zero attached hydrogens (tertiary/aromatic N) is 3. The molecule has 0 aromatic heterocycles. The molecule has 2 aromatic rings. The number of fused-ring (bicyclic) bond motifs is 1. The summed E-state index contributed by atoms with van der Waals surface area (Å²) in [6, 6.07) is 16.1. The SMILES string of the molecule is CCC(=O)N1CCc2cc(C(=O)N3CCN(c4ccccc4)CC3)ccc21. The minimum Gasteiger partial charge on any atom is -0.368 e. The normalized spacial score (nSPS) is 16.4. The van der Waals surface area contributed by atoms with Gasteiger partial charge < -0.3 is 14.7 Å². The lowest BCUT2D eigenvalue weighted by Crippen LogP contribution is -2.48. The van der Waals surface area contributed by atoms with Crippen LogP contribution < -0.4 is 9.80 Å².